The summed E-state index contributed by atoms with van der Waals surface area (Å²) in [6.45, 7) is 0.403. The molecule has 0 spiro atoms. The number of carbonyl (C=O) groups excluding carboxylic acids is 2. The number of carbonyl (C=O) groups is 2. The van der Waals surface area contributed by atoms with E-state index in [0.29, 0.717) is 17.3 Å². The molecular weight excluding hydrogens is 464 g/mol. The SMILES string of the molecule is O=C(NN1C(=O)/C(=C/c2ccccc2OCc2ccccc2)SC1=S)c1ccccc1Cl. The topological polar surface area (TPSA) is 58.6 Å². The normalized spacial score (nSPS) is 14.7. The third kappa shape index (κ3) is 5.02. The minimum absolute atomic E-state index is 0.226. The molecule has 1 aliphatic rings. The molecule has 3 aromatic carbocycles. The van der Waals surface area contributed by atoms with Crippen molar-refractivity contribution in [1.82, 2.24) is 10.4 Å². The Balaban J connectivity index is 1.51. The predicted octanol–water partition coefficient (Wildman–Crippen LogP) is 5.47. The van der Waals surface area contributed by atoms with E-state index >= 15 is 0 Å². The summed E-state index contributed by atoms with van der Waals surface area (Å²) in [6.07, 6.45) is 1.71. The molecule has 32 heavy (non-hydrogen) atoms. The number of thiocarbonyl (C=S) groups is 1. The Bertz CT molecular complexity index is 1210. The second kappa shape index (κ2) is 9.99. The number of amides is 2. The van der Waals surface area contributed by atoms with Gasteiger partial charge in [-0.2, -0.15) is 5.01 Å². The van der Waals surface area contributed by atoms with Gasteiger partial charge in [0.05, 0.1) is 15.5 Å². The number of thioether (sulfide) groups is 1. The van der Waals surface area contributed by atoms with Crippen molar-refractivity contribution in [1.29, 1.82) is 0 Å². The number of hydrogen-bond donors (Lipinski definition) is 1. The quantitative estimate of drug-likeness (QED) is 0.374. The molecule has 1 fully saturated rings. The number of hydrogen-bond acceptors (Lipinski definition) is 5. The van der Waals surface area contributed by atoms with Crippen LogP contribution < -0.4 is 10.2 Å². The van der Waals surface area contributed by atoms with Crippen LogP contribution in [0.25, 0.3) is 6.08 Å². The molecule has 160 valence electrons. The molecule has 0 aromatic heterocycles. The van der Waals surface area contributed by atoms with E-state index in [0.717, 1.165) is 27.9 Å². The third-order valence-electron chi connectivity index (χ3n) is 4.57. The molecule has 5 nitrogen and oxygen atoms in total. The molecule has 0 radical (unpaired) electrons. The van der Waals surface area contributed by atoms with Crippen molar-refractivity contribution >= 4 is 57.8 Å². The van der Waals surface area contributed by atoms with Crippen molar-refractivity contribution in [3.05, 3.63) is 105 Å². The Kier molecular flexibility index (Phi) is 6.90. The summed E-state index contributed by atoms with van der Waals surface area (Å²) in [5.74, 6) is -0.292. The van der Waals surface area contributed by atoms with E-state index in [1.165, 1.54) is 0 Å². The highest BCUT2D eigenvalue weighted by Gasteiger charge is 2.34. The molecule has 0 aliphatic carbocycles. The molecule has 1 saturated heterocycles. The molecule has 0 bridgehead atoms. The lowest BCUT2D eigenvalue weighted by Gasteiger charge is -2.16. The van der Waals surface area contributed by atoms with Crippen LogP contribution in [0.2, 0.25) is 5.02 Å². The lowest BCUT2D eigenvalue weighted by Crippen LogP contribution is -2.44. The van der Waals surface area contributed by atoms with Gasteiger partial charge in [0.1, 0.15) is 12.4 Å². The number of benzene rings is 3. The van der Waals surface area contributed by atoms with Gasteiger partial charge in [-0.05, 0) is 42.1 Å². The molecule has 3 aromatic rings. The summed E-state index contributed by atoms with van der Waals surface area (Å²) in [6, 6.07) is 23.8. The average Bonchev–Trinajstić information content (AvgIpc) is 3.06. The number of halogens is 1. The summed E-state index contributed by atoms with van der Waals surface area (Å²) in [5, 5.41) is 1.35. The van der Waals surface area contributed by atoms with E-state index in [2.05, 4.69) is 5.43 Å². The smallest absolute Gasteiger partial charge is 0.285 e. The maximum absolute atomic E-state index is 12.9. The van der Waals surface area contributed by atoms with Crippen LogP contribution >= 0.6 is 35.6 Å². The number of nitrogens with zero attached hydrogens (tertiary/aromatic N) is 1. The first kappa shape index (κ1) is 22.1. The molecular formula is C24H17ClN2O3S2. The van der Waals surface area contributed by atoms with Gasteiger partial charge >= 0.3 is 0 Å². The maximum atomic E-state index is 12.9. The van der Waals surface area contributed by atoms with Crippen molar-refractivity contribution in [3.8, 4) is 5.75 Å². The second-order valence-corrected chi connectivity index (χ2v) is 8.83. The number of nitrogens with one attached hydrogen (secondary N) is 1. The fourth-order valence-electron chi connectivity index (χ4n) is 2.98. The van der Waals surface area contributed by atoms with Gasteiger partial charge in [-0.15, -0.1) is 0 Å². The first-order valence-corrected chi connectivity index (χ1v) is 11.2. The third-order valence-corrected chi connectivity index (χ3v) is 6.20. The Morgan fingerprint density at radius 3 is 2.50 bits per heavy atom. The molecule has 1 heterocycles. The van der Waals surface area contributed by atoms with E-state index in [4.69, 9.17) is 28.6 Å². The highest BCUT2D eigenvalue weighted by Crippen LogP contribution is 2.33. The van der Waals surface area contributed by atoms with Crippen molar-refractivity contribution in [3.63, 3.8) is 0 Å². The molecule has 1 aliphatic heterocycles. The lowest BCUT2D eigenvalue weighted by atomic mass is 10.2. The van der Waals surface area contributed by atoms with E-state index < -0.39 is 11.8 Å². The Morgan fingerprint density at radius 2 is 1.72 bits per heavy atom. The van der Waals surface area contributed by atoms with Crippen LogP contribution in [0.5, 0.6) is 5.75 Å². The molecule has 4 rings (SSSR count). The Hall–Kier alpha value is -3.13. The molecule has 1 N–H and O–H groups in total. The first-order chi connectivity index (χ1) is 15.5. The fraction of sp³-hybridized carbons (Fsp3) is 0.0417. The van der Waals surface area contributed by atoms with Crippen LogP contribution in [0.1, 0.15) is 21.5 Å². The van der Waals surface area contributed by atoms with Crippen LogP contribution in [0.3, 0.4) is 0 Å². The van der Waals surface area contributed by atoms with Crippen LogP contribution in [0, 0.1) is 0 Å². The van der Waals surface area contributed by atoms with E-state index in [-0.39, 0.29) is 14.9 Å². The molecule has 0 atom stereocenters. The molecule has 0 saturated carbocycles. The van der Waals surface area contributed by atoms with E-state index in [1.54, 1.807) is 30.3 Å². The van der Waals surface area contributed by atoms with E-state index in [1.807, 2.05) is 54.6 Å². The summed E-state index contributed by atoms with van der Waals surface area (Å²) in [5.41, 5.74) is 4.57. The monoisotopic (exact) mass is 480 g/mol. The number of hydrazine groups is 1. The van der Waals surface area contributed by atoms with Crippen LogP contribution in [0.4, 0.5) is 0 Å². The Morgan fingerprint density at radius 1 is 1.03 bits per heavy atom. The van der Waals surface area contributed by atoms with Crippen molar-refractivity contribution < 1.29 is 14.3 Å². The fourth-order valence-corrected chi connectivity index (χ4v) is 4.37. The minimum Gasteiger partial charge on any atom is -0.488 e. The van der Waals surface area contributed by atoms with Gasteiger partial charge in [0.15, 0.2) is 4.32 Å². The van der Waals surface area contributed by atoms with Crippen LogP contribution in [0.15, 0.2) is 83.8 Å². The van der Waals surface area contributed by atoms with Gasteiger partial charge in [0, 0.05) is 5.56 Å². The van der Waals surface area contributed by atoms with Crippen molar-refractivity contribution in [2.75, 3.05) is 0 Å². The number of ether oxygens (including phenoxy) is 1. The minimum atomic E-state index is -0.514. The summed E-state index contributed by atoms with van der Waals surface area (Å²) in [7, 11) is 0. The van der Waals surface area contributed by atoms with Gasteiger partial charge in [-0.25, -0.2) is 0 Å². The summed E-state index contributed by atoms with van der Waals surface area (Å²) in [4.78, 5) is 25.9. The standard InChI is InChI=1S/C24H17ClN2O3S2/c25-19-12-6-5-11-18(19)22(28)26-27-23(29)21(32-24(27)31)14-17-10-4-7-13-20(17)30-15-16-8-2-1-3-9-16/h1-14H,15H2,(H,26,28)/b21-14-. The number of rotatable bonds is 6. The Labute approximate surface area is 200 Å². The van der Waals surface area contributed by atoms with Gasteiger partial charge < -0.3 is 4.74 Å². The van der Waals surface area contributed by atoms with Gasteiger partial charge in [-0.1, -0.05) is 84.0 Å². The highest BCUT2D eigenvalue weighted by atomic mass is 35.5. The van der Waals surface area contributed by atoms with E-state index in [9.17, 15) is 9.59 Å². The summed E-state index contributed by atoms with van der Waals surface area (Å²) < 4.78 is 6.19. The van der Waals surface area contributed by atoms with Gasteiger partial charge in [0.25, 0.3) is 11.8 Å². The van der Waals surface area contributed by atoms with Crippen LogP contribution in [-0.2, 0) is 11.4 Å². The maximum Gasteiger partial charge on any atom is 0.285 e. The molecule has 2 amide bonds. The highest BCUT2D eigenvalue weighted by molar-refractivity contribution is 8.26. The average molecular weight is 481 g/mol. The van der Waals surface area contributed by atoms with Crippen LogP contribution in [-0.4, -0.2) is 21.1 Å². The largest absolute Gasteiger partial charge is 0.488 e. The zero-order chi connectivity index (χ0) is 22.5. The molecule has 0 unspecified atom stereocenters. The van der Waals surface area contributed by atoms with Gasteiger partial charge in [-0.3, -0.25) is 15.0 Å². The first-order valence-electron chi connectivity index (χ1n) is 9.62. The van der Waals surface area contributed by atoms with Crippen molar-refractivity contribution in [2.24, 2.45) is 0 Å². The van der Waals surface area contributed by atoms with Gasteiger partial charge in [0.2, 0.25) is 0 Å². The summed E-state index contributed by atoms with van der Waals surface area (Å²) >= 11 is 12.5. The number of para-hydroxylation sites is 1. The lowest BCUT2D eigenvalue weighted by molar-refractivity contribution is -0.123. The zero-order valence-electron chi connectivity index (χ0n) is 16.7. The predicted molar refractivity (Wildman–Crippen MR) is 131 cm³/mol. The molecule has 8 heteroatoms. The second-order valence-electron chi connectivity index (χ2n) is 6.75. The zero-order valence-corrected chi connectivity index (χ0v) is 19.0. The van der Waals surface area contributed by atoms with Crippen molar-refractivity contribution in [2.45, 2.75) is 6.61 Å².